The van der Waals surface area contributed by atoms with Gasteiger partial charge in [-0.05, 0) is 6.07 Å². The Morgan fingerprint density at radius 2 is 1.88 bits per heavy atom. The van der Waals surface area contributed by atoms with Crippen LogP contribution >= 0.6 is 23.5 Å². The highest BCUT2D eigenvalue weighted by molar-refractivity contribution is 8.19. The number of carbonyl (C=O) groups excluding carboxylic acids is 3. The second-order valence-electron chi connectivity index (χ2n) is 4.80. The summed E-state index contributed by atoms with van der Waals surface area (Å²) in [5.74, 6) is 0.891. The van der Waals surface area contributed by atoms with E-state index >= 15 is 0 Å². The molecule has 1 saturated heterocycles. The van der Waals surface area contributed by atoms with Crippen molar-refractivity contribution in [2.24, 2.45) is 5.73 Å². The van der Waals surface area contributed by atoms with Crippen molar-refractivity contribution in [1.29, 1.82) is 0 Å². The lowest BCUT2D eigenvalue weighted by Gasteiger charge is -2.14. The number of hydrogen-bond donors (Lipinski definition) is 2. The maximum absolute atomic E-state index is 11.7. The first-order chi connectivity index (χ1) is 11.6. The highest BCUT2D eigenvalue weighted by Crippen LogP contribution is 2.48. The Morgan fingerprint density at radius 3 is 2.58 bits per heavy atom. The number of amides is 2. The van der Waals surface area contributed by atoms with Crippen LogP contribution in [0.15, 0.2) is 24.3 Å². The van der Waals surface area contributed by atoms with Gasteiger partial charge in [0.2, 0.25) is 5.91 Å². The maximum atomic E-state index is 11.7. The monoisotopic (exact) mass is 370 g/mol. The lowest BCUT2D eigenvalue weighted by Crippen LogP contribution is -2.36. The van der Waals surface area contributed by atoms with Crippen LogP contribution in [-0.2, 0) is 19.1 Å². The molecule has 2 amide bonds. The molecule has 7 nitrogen and oxygen atoms in total. The van der Waals surface area contributed by atoms with Crippen LogP contribution in [0.25, 0.3) is 0 Å². The van der Waals surface area contributed by atoms with Crippen LogP contribution in [0.4, 0.5) is 0 Å². The van der Waals surface area contributed by atoms with Gasteiger partial charge in [0.15, 0.2) is 13.2 Å². The molecule has 3 N–H and O–H groups in total. The summed E-state index contributed by atoms with van der Waals surface area (Å²) < 4.78 is 10.6. The number of carbonyl (C=O) groups is 3. The standard InChI is InChI=1S/C15H18N2O5S2/c16-12(18)7-17-13(19)8-22-14(20)9-21-11-4-2-1-3-10(11)15-23-5-6-24-15/h1-4,15H,5-9H2,(H2,16,18)(H,17,19). The van der Waals surface area contributed by atoms with E-state index < -0.39 is 24.4 Å². The van der Waals surface area contributed by atoms with Gasteiger partial charge in [0.1, 0.15) is 5.75 Å². The van der Waals surface area contributed by atoms with E-state index in [1.54, 1.807) is 0 Å². The van der Waals surface area contributed by atoms with Crippen LogP contribution in [0.5, 0.6) is 5.75 Å². The average molecular weight is 370 g/mol. The second-order valence-corrected chi connectivity index (χ2v) is 7.53. The molecule has 1 fully saturated rings. The van der Waals surface area contributed by atoms with Gasteiger partial charge in [-0.25, -0.2) is 4.79 Å². The molecule has 0 radical (unpaired) electrons. The number of primary amides is 1. The molecule has 0 bridgehead atoms. The van der Waals surface area contributed by atoms with E-state index in [4.69, 9.17) is 15.2 Å². The number of ether oxygens (including phenoxy) is 2. The molecule has 1 aromatic rings. The molecule has 130 valence electrons. The van der Waals surface area contributed by atoms with Crippen LogP contribution in [0.2, 0.25) is 0 Å². The molecule has 9 heteroatoms. The van der Waals surface area contributed by atoms with Crippen molar-refractivity contribution in [2.45, 2.75) is 4.58 Å². The number of thioether (sulfide) groups is 2. The Hall–Kier alpha value is -1.87. The molecular formula is C15H18N2O5S2. The number of para-hydroxylation sites is 1. The molecule has 1 aliphatic heterocycles. The van der Waals surface area contributed by atoms with Gasteiger partial charge in [-0.2, -0.15) is 0 Å². The zero-order valence-corrected chi connectivity index (χ0v) is 14.5. The molecule has 0 unspecified atom stereocenters. The quantitative estimate of drug-likeness (QED) is 0.648. The number of esters is 1. The number of hydrogen-bond acceptors (Lipinski definition) is 7. The Morgan fingerprint density at radius 1 is 1.17 bits per heavy atom. The molecule has 0 aromatic heterocycles. The van der Waals surface area contributed by atoms with Crippen LogP contribution in [-0.4, -0.2) is 49.0 Å². The van der Waals surface area contributed by atoms with Crippen LogP contribution < -0.4 is 15.8 Å². The number of nitrogens with two attached hydrogens (primary N) is 1. The predicted molar refractivity (Wildman–Crippen MR) is 92.8 cm³/mol. The molecule has 0 aliphatic carbocycles. The van der Waals surface area contributed by atoms with E-state index in [-0.39, 0.29) is 13.2 Å². The topological polar surface area (TPSA) is 108 Å². The Labute approximate surface area is 148 Å². The summed E-state index contributed by atoms with van der Waals surface area (Å²) in [7, 11) is 0. The molecule has 1 aromatic carbocycles. The fourth-order valence-corrected chi connectivity index (χ4v) is 4.81. The molecule has 0 atom stereocenters. The minimum atomic E-state index is -0.669. The van der Waals surface area contributed by atoms with Crippen molar-refractivity contribution >= 4 is 41.3 Å². The largest absolute Gasteiger partial charge is 0.482 e. The summed E-state index contributed by atoms with van der Waals surface area (Å²) in [6.07, 6.45) is 0. The van der Waals surface area contributed by atoms with E-state index in [1.165, 1.54) is 0 Å². The number of rotatable bonds is 8. The van der Waals surface area contributed by atoms with E-state index in [0.29, 0.717) is 10.3 Å². The van der Waals surface area contributed by atoms with Crippen molar-refractivity contribution in [3.8, 4) is 5.75 Å². The van der Waals surface area contributed by atoms with Gasteiger partial charge in [-0.15, -0.1) is 23.5 Å². The maximum Gasteiger partial charge on any atom is 0.344 e. The Kier molecular flexibility index (Phi) is 7.26. The highest BCUT2D eigenvalue weighted by atomic mass is 32.2. The van der Waals surface area contributed by atoms with Crippen molar-refractivity contribution in [3.63, 3.8) is 0 Å². The van der Waals surface area contributed by atoms with E-state index in [9.17, 15) is 14.4 Å². The zero-order chi connectivity index (χ0) is 17.4. The van der Waals surface area contributed by atoms with Crippen LogP contribution in [0.1, 0.15) is 10.1 Å². The van der Waals surface area contributed by atoms with E-state index in [2.05, 4.69) is 5.32 Å². The highest BCUT2D eigenvalue weighted by Gasteiger charge is 2.22. The summed E-state index contributed by atoms with van der Waals surface area (Å²) in [4.78, 5) is 33.5. The summed E-state index contributed by atoms with van der Waals surface area (Å²) in [5.41, 5.74) is 5.93. The number of benzene rings is 1. The van der Waals surface area contributed by atoms with Crippen LogP contribution in [0.3, 0.4) is 0 Å². The molecular weight excluding hydrogens is 352 g/mol. The van der Waals surface area contributed by atoms with Gasteiger partial charge in [0, 0.05) is 17.1 Å². The van der Waals surface area contributed by atoms with Crippen molar-refractivity contribution < 1.29 is 23.9 Å². The molecule has 0 spiro atoms. The predicted octanol–water partition coefficient (Wildman–Crippen LogP) is 0.689. The van der Waals surface area contributed by atoms with Crippen LogP contribution in [0, 0.1) is 0 Å². The van der Waals surface area contributed by atoms with Gasteiger partial charge in [-0.3, -0.25) is 9.59 Å². The van der Waals surface area contributed by atoms with Gasteiger partial charge < -0.3 is 20.5 Å². The first-order valence-electron chi connectivity index (χ1n) is 7.22. The average Bonchev–Trinajstić information content (AvgIpc) is 3.11. The van der Waals surface area contributed by atoms with Crippen molar-refractivity contribution in [3.05, 3.63) is 29.8 Å². The van der Waals surface area contributed by atoms with Gasteiger partial charge in [0.05, 0.1) is 11.1 Å². The van der Waals surface area contributed by atoms with Crippen molar-refractivity contribution in [1.82, 2.24) is 5.32 Å². The Balaban J connectivity index is 1.77. The summed E-state index contributed by atoms with van der Waals surface area (Å²) >= 11 is 3.68. The van der Waals surface area contributed by atoms with Gasteiger partial charge >= 0.3 is 5.97 Å². The molecule has 1 heterocycles. The third-order valence-electron chi connectivity index (χ3n) is 2.96. The fraction of sp³-hybridized carbons (Fsp3) is 0.400. The third-order valence-corrected chi connectivity index (χ3v) is 6.03. The number of nitrogens with one attached hydrogen (secondary N) is 1. The smallest absolute Gasteiger partial charge is 0.344 e. The molecule has 0 saturated carbocycles. The summed E-state index contributed by atoms with van der Waals surface area (Å²) in [6.45, 7) is -1.06. The van der Waals surface area contributed by atoms with E-state index in [1.807, 2.05) is 47.8 Å². The SMILES string of the molecule is NC(=O)CNC(=O)COC(=O)COc1ccccc1C1SCCS1. The lowest BCUT2D eigenvalue weighted by atomic mass is 10.2. The normalized spacial score (nSPS) is 14.2. The molecule has 2 rings (SSSR count). The minimum Gasteiger partial charge on any atom is -0.482 e. The minimum absolute atomic E-state index is 0.290. The lowest BCUT2D eigenvalue weighted by molar-refractivity contribution is -0.150. The Bertz CT molecular complexity index is 605. The van der Waals surface area contributed by atoms with E-state index in [0.717, 1.165) is 17.1 Å². The zero-order valence-electron chi connectivity index (χ0n) is 12.9. The summed E-state index contributed by atoms with van der Waals surface area (Å²) in [6, 6.07) is 7.56. The molecule has 24 heavy (non-hydrogen) atoms. The summed E-state index contributed by atoms with van der Waals surface area (Å²) in [5, 5.41) is 2.22. The fourth-order valence-electron chi connectivity index (χ4n) is 1.91. The molecule has 1 aliphatic rings. The first kappa shape index (κ1) is 18.5. The first-order valence-corrected chi connectivity index (χ1v) is 9.31. The second kappa shape index (κ2) is 9.43. The van der Waals surface area contributed by atoms with Gasteiger partial charge in [0.25, 0.3) is 5.91 Å². The third kappa shape index (κ3) is 5.97. The van der Waals surface area contributed by atoms with Crippen molar-refractivity contribution in [2.75, 3.05) is 31.3 Å². The van der Waals surface area contributed by atoms with Gasteiger partial charge in [-0.1, -0.05) is 18.2 Å².